The quantitative estimate of drug-likeness (QED) is 0.352. The molecule has 0 aromatic rings. The van der Waals surface area contributed by atoms with Crippen molar-refractivity contribution in [3.05, 3.63) is 0 Å². The lowest BCUT2D eigenvalue weighted by molar-refractivity contribution is -0.360. The van der Waals surface area contributed by atoms with Crippen LogP contribution >= 0.6 is 15.6 Å². The second-order valence-corrected chi connectivity index (χ2v) is 6.21. The summed E-state index contributed by atoms with van der Waals surface area (Å²) < 4.78 is 28.4. The minimum atomic E-state index is -5.73. The smallest absolute Gasteiger partial charge is 0.120 e. The fraction of sp³-hybridized carbons (Fsp3) is 1.00. The van der Waals surface area contributed by atoms with E-state index in [-0.39, 0.29) is 0 Å². The largest absolute Gasteiger partial charge is 0.790 e. The number of hydrogen-bond donors (Lipinski definition) is 4. The van der Waals surface area contributed by atoms with Crippen LogP contribution in [0.3, 0.4) is 0 Å². The van der Waals surface area contributed by atoms with E-state index in [2.05, 4.69) is 9.05 Å². The van der Waals surface area contributed by atoms with Crippen LogP contribution < -0.4 is 19.6 Å². The highest BCUT2D eigenvalue weighted by Crippen LogP contribution is 2.39. The van der Waals surface area contributed by atoms with E-state index in [1.165, 1.54) is 0 Å². The van der Waals surface area contributed by atoms with Crippen molar-refractivity contribution in [2.45, 2.75) is 36.6 Å². The average Bonchev–Trinajstić information content (AvgIpc) is 2.25. The summed E-state index contributed by atoms with van der Waals surface area (Å²) in [6, 6.07) is 0. The van der Waals surface area contributed by atoms with Crippen LogP contribution in [0.25, 0.3) is 0 Å². The predicted molar refractivity (Wildman–Crippen MR) is 49.0 cm³/mol. The molecule has 1 saturated carbocycles. The van der Waals surface area contributed by atoms with E-state index < -0.39 is 52.3 Å². The van der Waals surface area contributed by atoms with Gasteiger partial charge in [-0.15, -0.1) is 0 Å². The van der Waals surface area contributed by atoms with Crippen LogP contribution in [0.15, 0.2) is 0 Å². The van der Waals surface area contributed by atoms with E-state index >= 15 is 0 Å². The molecule has 0 bridgehead atoms. The summed E-state index contributed by atoms with van der Waals surface area (Å²) in [5.74, 6) is 0. The Morgan fingerprint density at radius 2 is 0.950 bits per heavy atom. The van der Waals surface area contributed by atoms with Gasteiger partial charge < -0.3 is 58.2 Å². The fourth-order valence-electron chi connectivity index (χ4n) is 1.73. The van der Waals surface area contributed by atoms with Crippen molar-refractivity contribution in [2.24, 2.45) is 0 Å². The summed E-state index contributed by atoms with van der Waals surface area (Å²) in [5.41, 5.74) is 0. The topological polar surface area (TPSA) is 226 Å². The zero-order valence-electron chi connectivity index (χ0n) is 9.41. The number of aliphatic hydroxyl groups is 4. The highest BCUT2D eigenvalue weighted by Gasteiger charge is 2.50. The van der Waals surface area contributed by atoms with E-state index in [9.17, 15) is 49.1 Å². The molecule has 20 heavy (non-hydrogen) atoms. The third-order valence-electron chi connectivity index (χ3n) is 2.55. The number of phosphoric ester groups is 2. The first-order chi connectivity index (χ1) is 8.83. The Kier molecular flexibility index (Phi) is 5.48. The van der Waals surface area contributed by atoms with Gasteiger partial charge in [-0.2, -0.15) is 0 Å². The first-order valence-corrected chi connectivity index (χ1v) is 7.89. The molecule has 0 spiro atoms. The van der Waals surface area contributed by atoms with Crippen molar-refractivity contribution in [3.8, 4) is 0 Å². The number of phosphoric acid groups is 2. The predicted octanol–water partition coefficient (Wildman–Crippen LogP) is -6.13. The van der Waals surface area contributed by atoms with Crippen molar-refractivity contribution in [2.75, 3.05) is 0 Å². The molecular formula is C6H10O12P2-4. The van der Waals surface area contributed by atoms with Crippen molar-refractivity contribution in [1.29, 1.82) is 0 Å². The average molecular weight is 336 g/mol. The molecule has 1 rings (SSSR count). The summed E-state index contributed by atoms with van der Waals surface area (Å²) >= 11 is 0. The first-order valence-electron chi connectivity index (χ1n) is 4.96. The zero-order valence-corrected chi connectivity index (χ0v) is 11.2. The SMILES string of the molecule is O=P([O-])([O-])O[C@@H]1C(O)[C@H](OP(=O)([O-])[O-])[C@@H](O)C(O)[C@H]1O. The normalized spacial score (nSPS) is 39.8. The molecule has 1 fully saturated rings. The van der Waals surface area contributed by atoms with Crippen molar-refractivity contribution in [1.82, 2.24) is 0 Å². The minimum Gasteiger partial charge on any atom is -0.790 e. The van der Waals surface area contributed by atoms with E-state index in [1.54, 1.807) is 0 Å². The molecule has 0 heterocycles. The van der Waals surface area contributed by atoms with Gasteiger partial charge in [0.05, 0.1) is 15.6 Å². The highest BCUT2D eigenvalue weighted by atomic mass is 31.2. The van der Waals surface area contributed by atoms with Gasteiger partial charge in [0, 0.05) is 0 Å². The molecule has 6 atom stereocenters. The molecule has 0 radical (unpaired) electrons. The Hall–Kier alpha value is 0.0600. The molecule has 0 saturated heterocycles. The molecular weight excluding hydrogens is 326 g/mol. The standard InChI is InChI=1S/C6H14O12P2/c7-1-2(8)5(17-19(11,12)13)4(10)6(3(1)9)18-20(14,15)16/h1-10H,(H2,11,12,13)(H2,14,15,16)/p-4/t1?,2-,3+,4?,5+,6-. The lowest BCUT2D eigenvalue weighted by Gasteiger charge is -2.48. The summed E-state index contributed by atoms with van der Waals surface area (Å²) in [7, 11) is -11.5. The van der Waals surface area contributed by atoms with Gasteiger partial charge in [-0.05, 0) is 0 Å². The zero-order chi connectivity index (χ0) is 15.9. The van der Waals surface area contributed by atoms with Gasteiger partial charge in [-0.25, -0.2) is 0 Å². The van der Waals surface area contributed by atoms with Crippen molar-refractivity contribution in [3.63, 3.8) is 0 Å². The van der Waals surface area contributed by atoms with Crippen LogP contribution in [0.2, 0.25) is 0 Å². The third-order valence-corrected chi connectivity index (χ3v) is 3.55. The lowest BCUT2D eigenvalue weighted by Crippen LogP contribution is -2.65. The van der Waals surface area contributed by atoms with Crippen molar-refractivity contribution < 1.29 is 58.2 Å². The summed E-state index contributed by atoms with van der Waals surface area (Å²) in [4.78, 5) is 41.7. The van der Waals surface area contributed by atoms with E-state index in [0.717, 1.165) is 0 Å². The van der Waals surface area contributed by atoms with Gasteiger partial charge >= 0.3 is 0 Å². The third kappa shape index (κ3) is 4.53. The molecule has 2 unspecified atom stereocenters. The monoisotopic (exact) mass is 336 g/mol. The van der Waals surface area contributed by atoms with Gasteiger partial charge in [0.2, 0.25) is 0 Å². The van der Waals surface area contributed by atoms with E-state index in [1.807, 2.05) is 0 Å². The Balaban J connectivity index is 3.02. The van der Waals surface area contributed by atoms with Gasteiger partial charge in [-0.1, -0.05) is 0 Å². The number of aliphatic hydroxyl groups excluding tert-OH is 4. The minimum absolute atomic E-state index is 2.23. The number of hydrogen-bond acceptors (Lipinski definition) is 12. The molecule has 1 aliphatic carbocycles. The summed E-state index contributed by atoms with van der Waals surface area (Å²) in [6.45, 7) is 0. The van der Waals surface area contributed by atoms with Crippen LogP contribution in [0, 0.1) is 0 Å². The summed E-state index contributed by atoms with van der Waals surface area (Å²) in [5, 5.41) is 37.6. The molecule has 0 amide bonds. The van der Waals surface area contributed by atoms with Gasteiger partial charge in [0.1, 0.15) is 36.6 Å². The molecule has 0 aromatic heterocycles. The Labute approximate surface area is 111 Å². The van der Waals surface area contributed by atoms with Crippen LogP contribution in [0.5, 0.6) is 0 Å². The molecule has 120 valence electrons. The maximum Gasteiger partial charge on any atom is 0.120 e. The molecule has 0 aromatic carbocycles. The van der Waals surface area contributed by atoms with E-state index in [0.29, 0.717) is 0 Å². The molecule has 4 N–H and O–H groups in total. The molecule has 1 aliphatic rings. The maximum atomic E-state index is 10.4. The van der Waals surface area contributed by atoms with Gasteiger partial charge in [-0.3, -0.25) is 0 Å². The molecule has 14 heteroatoms. The van der Waals surface area contributed by atoms with Gasteiger partial charge in [0.25, 0.3) is 0 Å². The van der Waals surface area contributed by atoms with Crippen molar-refractivity contribution >= 4 is 15.6 Å². The van der Waals surface area contributed by atoms with Crippen LogP contribution in [0.4, 0.5) is 0 Å². The Morgan fingerprint density at radius 3 is 1.20 bits per heavy atom. The highest BCUT2D eigenvalue weighted by molar-refractivity contribution is 7.43. The fourth-order valence-corrected chi connectivity index (χ4v) is 2.82. The van der Waals surface area contributed by atoms with Crippen LogP contribution in [-0.4, -0.2) is 57.0 Å². The molecule has 0 aliphatic heterocycles. The first kappa shape index (κ1) is 18.1. The summed E-state index contributed by atoms with van der Waals surface area (Å²) in [6.07, 6.45) is -13.7. The van der Waals surface area contributed by atoms with Gasteiger partial charge in [0.15, 0.2) is 0 Å². The lowest BCUT2D eigenvalue weighted by atomic mass is 9.85. The Bertz CT molecular complexity index is 390. The Morgan fingerprint density at radius 1 is 0.650 bits per heavy atom. The van der Waals surface area contributed by atoms with Crippen LogP contribution in [0.1, 0.15) is 0 Å². The van der Waals surface area contributed by atoms with E-state index in [4.69, 9.17) is 0 Å². The second-order valence-electron chi connectivity index (χ2n) is 4.00. The second kappa shape index (κ2) is 6.05. The molecule has 12 nitrogen and oxygen atoms in total. The maximum absolute atomic E-state index is 10.4. The van der Waals surface area contributed by atoms with Crippen LogP contribution in [-0.2, 0) is 18.2 Å². The number of rotatable bonds is 4.